The molecule has 1 saturated carbocycles. The van der Waals surface area contributed by atoms with Crippen molar-refractivity contribution in [3.8, 4) is 0 Å². The summed E-state index contributed by atoms with van der Waals surface area (Å²) in [6.07, 6.45) is 3.95. The van der Waals surface area contributed by atoms with E-state index in [0.717, 1.165) is 36.7 Å². The molecule has 3 heteroatoms. The third kappa shape index (κ3) is 1.98. The van der Waals surface area contributed by atoms with E-state index in [4.69, 9.17) is 10.2 Å². The molecule has 2 N–H and O–H groups in total. The number of benzene rings is 1. The normalized spacial score (nSPS) is 18.0. The largest absolute Gasteiger partial charge is 0.453 e. The third-order valence-electron chi connectivity index (χ3n) is 4.33. The summed E-state index contributed by atoms with van der Waals surface area (Å²) in [6, 6.07) is 7.82. The summed E-state index contributed by atoms with van der Waals surface area (Å²) in [5.41, 5.74) is 7.42. The van der Waals surface area contributed by atoms with Gasteiger partial charge in [0.25, 0.3) is 0 Å². The van der Waals surface area contributed by atoms with Gasteiger partial charge in [0, 0.05) is 17.3 Å². The van der Waals surface area contributed by atoms with Crippen LogP contribution in [0.5, 0.6) is 0 Å². The maximum absolute atomic E-state index is 12.7. The fourth-order valence-electron chi connectivity index (χ4n) is 3.11. The van der Waals surface area contributed by atoms with Crippen LogP contribution < -0.4 is 5.73 Å². The first-order valence-corrected chi connectivity index (χ1v) is 6.90. The van der Waals surface area contributed by atoms with E-state index in [9.17, 15) is 4.79 Å². The van der Waals surface area contributed by atoms with Crippen LogP contribution >= 0.6 is 0 Å². The zero-order chi connectivity index (χ0) is 13.5. The van der Waals surface area contributed by atoms with Gasteiger partial charge >= 0.3 is 0 Å². The van der Waals surface area contributed by atoms with Gasteiger partial charge in [0.15, 0.2) is 5.76 Å². The third-order valence-corrected chi connectivity index (χ3v) is 4.33. The van der Waals surface area contributed by atoms with Crippen molar-refractivity contribution in [2.45, 2.75) is 32.6 Å². The fourth-order valence-corrected chi connectivity index (χ4v) is 3.11. The molecule has 1 heterocycles. The molecule has 1 aromatic carbocycles. The predicted octanol–water partition coefficient (Wildman–Crippen LogP) is 3.44. The minimum atomic E-state index is -0.386. The van der Waals surface area contributed by atoms with Crippen LogP contribution in [0.2, 0.25) is 0 Å². The number of hydrogen-bond donors (Lipinski definition) is 1. The maximum Gasteiger partial charge on any atom is 0.205 e. The standard InChI is InChI=1S/C16H19NO2/c1-11-4-5-13-12(8-11)9-14(19-13)15(18)16(10-17)6-2-3-7-16/h4-5,8-9H,2-3,6-7,10,17H2,1H3. The highest BCUT2D eigenvalue weighted by atomic mass is 16.3. The van der Waals surface area contributed by atoms with Crippen LogP contribution in [0, 0.1) is 12.3 Å². The van der Waals surface area contributed by atoms with Crippen LogP contribution in [0.1, 0.15) is 41.8 Å². The molecule has 1 aliphatic rings. The van der Waals surface area contributed by atoms with Crippen molar-refractivity contribution >= 4 is 16.8 Å². The smallest absolute Gasteiger partial charge is 0.205 e. The van der Waals surface area contributed by atoms with Gasteiger partial charge in [-0.1, -0.05) is 24.5 Å². The lowest BCUT2D eigenvalue weighted by molar-refractivity contribution is 0.0781. The quantitative estimate of drug-likeness (QED) is 0.857. The van der Waals surface area contributed by atoms with Gasteiger partial charge in [-0.2, -0.15) is 0 Å². The second-order valence-corrected chi connectivity index (χ2v) is 5.67. The molecule has 3 rings (SSSR count). The number of ketones is 1. The highest BCUT2D eigenvalue weighted by Gasteiger charge is 2.41. The minimum absolute atomic E-state index is 0.0846. The molecule has 0 saturated heterocycles. The number of aryl methyl sites for hydroxylation is 1. The Bertz CT molecular complexity index is 621. The van der Waals surface area contributed by atoms with E-state index in [1.807, 2.05) is 31.2 Å². The first kappa shape index (κ1) is 12.4. The van der Waals surface area contributed by atoms with Gasteiger partial charge < -0.3 is 10.2 Å². The lowest BCUT2D eigenvalue weighted by Crippen LogP contribution is -2.35. The predicted molar refractivity (Wildman–Crippen MR) is 75.2 cm³/mol. The van der Waals surface area contributed by atoms with Crippen molar-refractivity contribution in [1.29, 1.82) is 0 Å². The Balaban J connectivity index is 2.01. The van der Waals surface area contributed by atoms with Crippen LogP contribution in [-0.4, -0.2) is 12.3 Å². The highest BCUT2D eigenvalue weighted by molar-refractivity contribution is 6.01. The summed E-state index contributed by atoms with van der Waals surface area (Å²) in [5, 5.41) is 0.994. The molecule has 0 spiro atoms. The molecule has 0 unspecified atom stereocenters. The molecule has 0 atom stereocenters. The summed E-state index contributed by atoms with van der Waals surface area (Å²) < 4.78 is 5.72. The number of carbonyl (C=O) groups is 1. The molecule has 0 aliphatic heterocycles. The van der Waals surface area contributed by atoms with Gasteiger partial charge in [0.1, 0.15) is 5.58 Å². The van der Waals surface area contributed by atoms with E-state index in [0.29, 0.717) is 12.3 Å². The van der Waals surface area contributed by atoms with E-state index < -0.39 is 0 Å². The summed E-state index contributed by atoms with van der Waals surface area (Å²) in [6.45, 7) is 2.45. The Kier molecular flexibility index (Phi) is 2.94. The molecule has 2 aromatic rings. The van der Waals surface area contributed by atoms with E-state index in [1.165, 1.54) is 5.56 Å². The number of nitrogens with two attached hydrogens (primary N) is 1. The van der Waals surface area contributed by atoms with Crippen LogP contribution in [0.4, 0.5) is 0 Å². The van der Waals surface area contributed by atoms with E-state index >= 15 is 0 Å². The van der Waals surface area contributed by atoms with Gasteiger partial charge in [-0.05, 0) is 38.0 Å². The Morgan fingerprint density at radius 3 is 2.74 bits per heavy atom. The van der Waals surface area contributed by atoms with Crippen molar-refractivity contribution in [3.05, 3.63) is 35.6 Å². The van der Waals surface area contributed by atoms with Crippen molar-refractivity contribution in [2.75, 3.05) is 6.54 Å². The molecule has 0 bridgehead atoms. The molecule has 3 nitrogen and oxygen atoms in total. The van der Waals surface area contributed by atoms with Crippen molar-refractivity contribution in [2.24, 2.45) is 11.1 Å². The Morgan fingerprint density at radius 2 is 2.05 bits per heavy atom. The lowest BCUT2D eigenvalue weighted by Gasteiger charge is -2.23. The van der Waals surface area contributed by atoms with Gasteiger partial charge in [0.05, 0.1) is 0 Å². The zero-order valence-electron chi connectivity index (χ0n) is 11.2. The number of furan rings is 1. The Hall–Kier alpha value is -1.61. The van der Waals surface area contributed by atoms with Gasteiger partial charge in [-0.3, -0.25) is 4.79 Å². The first-order chi connectivity index (χ1) is 9.14. The number of fused-ring (bicyclic) bond motifs is 1. The minimum Gasteiger partial charge on any atom is -0.453 e. The second kappa shape index (κ2) is 4.49. The van der Waals surface area contributed by atoms with Gasteiger partial charge in [0.2, 0.25) is 5.78 Å². The molecule has 19 heavy (non-hydrogen) atoms. The lowest BCUT2D eigenvalue weighted by atomic mass is 9.80. The number of rotatable bonds is 3. The van der Waals surface area contributed by atoms with Crippen LogP contribution in [0.15, 0.2) is 28.7 Å². The molecule has 1 aliphatic carbocycles. The summed E-state index contributed by atoms with van der Waals surface area (Å²) >= 11 is 0. The topological polar surface area (TPSA) is 56.2 Å². The maximum atomic E-state index is 12.7. The average Bonchev–Trinajstić information content (AvgIpc) is 3.04. The molecule has 0 amide bonds. The summed E-state index contributed by atoms with van der Waals surface area (Å²) in [5.74, 6) is 0.550. The Morgan fingerprint density at radius 1 is 1.32 bits per heavy atom. The zero-order valence-corrected chi connectivity index (χ0v) is 11.2. The highest BCUT2D eigenvalue weighted by Crippen LogP contribution is 2.40. The van der Waals surface area contributed by atoms with E-state index in [2.05, 4.69) is 0 Å². The van der Waals surface area contributed by atoms with E-state index in [1.54, 1.807) is 0 Å². The monoisotopic (exact) mass is 257 g/mol. The molecular formula is C16H19NO2. The fraction of sp³-hybridized carbons (Fsp3) is 0.438. The van der Waals surface area contributed by atoms with Crippen molar-refractivity contribution in [1.82, 2.24) is 0 Å². The Labute approximate surface area is 112 Å². The second-order valence-electron chi connectivity index (χ2n) is 5.67. The summed E-state index contributed by atoms with van der Waals surface area (Å²) in [7, 11) is 0. The number of Topliss-reactive ketones (excluding diaryl/α,β-unsaturated/α-hetero) is 1. The molecular weight excluding hydrogens is 238 g/mol. The van der Waals surface area contributed by atoms with Gasteiger partial charge in [-0.15, -0.1) is 0 Å². The summed E-state index contributed by atoms with van der Waals surface area (Å²) in [4.78, 5) is 12.7. The van der Waals surface area contributed by atoms with Crippen LogP contribution in [0.3, 0.4) is 0 Å². The molecule has 1 aromatic heterocycles. The number of carbonyl (C=O) groups excluding carboxylic acids is 1. The molecule has 0 radical (unpaired) electrons. The SMILES string of the molecule is Cc1ccc2oc(C(=O)C3(CN)CCCC3)cc2c1. The van der Waals surface area contributed by atoms with E-state index in [-0.39, 0.29) is 11.2 Å². The van der Waals surface area contributed by atoms with Gasteiger partial charge in [-0.25, -0.2) is 0 Å². The average molecular weight is 257 g/mol. The van der Waals surface area contributed by atoms with Crippen molar-refractivity contribution in [3.63, 3.8) is 0 Å². The number of hydrogen-bond acceptors (Lipinski definition) is 3. The molecule has 1 fully saturated rings. The van der Waals surface area contributed by atoms with Crippen LogP contribution in [-0.2, 0) is 0 Å². The molecule has 100 valence electrons. The van der Waals surface area contributed by atoms with Crippen molar-refractivity contribution < 1.29 is 9.21 Å². The first-order valence-electron chi connectivity index (χ1n) is 6.90. The van der Waals surface area contributed by atoms with Crippen LogP contribution in [0.25, 0.3) is 11.0 Å².